The van der Waals surface area contributed by atoms with E-state index in [0.717, 1.165) is 0 Å². The van der Waals surface area contributed by atoms with Gasteiger partial charge in [0, 0.05) is 11.6 Å². The molecule has 1 N–H and O–H groups in total. The Bertz CT molecular complexity index is 596. The average Bonchev–Trinajstić information content (AvgIpc) is 2.41. The highest BCUT2D eigenvalue weighted by Crippen LogP contribution is 2.28. The van der Waals surface area contributed by atoms with Crippen LogP contribution in [0.3, 0.4) is 0 Å². The third-order valence-corrected chi connectivity index (χ3v) is 2.98. The highest BCUT2D eigenvalue weighted by Gasteiger charge is 2.17. The molecule has 1 atom stereocenters. The molecule has 0 aliphatic heterocycles. The van der Waals surface area contributed by atoms with Crippen molar-refractivity contribution in [3.8, 4) is 5.75 Å². The minimum absolute atomic E-state index is 0.125. The lowest BCUT2D eigenvalue weighted by Gasteiger charge is -2.18. The lowest BCUT2D eigenvalue weighted by molar-refractivity contribution is 0.414. The summed E-state index contributed by atoms with van der Waals surface area (Å²) in [6, 6.07) is 7.02. The topological polar surface area (TPSA) is 21.3 Å². The SMILES string of the molecule is COc1ccc(F)c(NC(C)c2c(F)cccc2F)c1. The van der Waals surface area contributed by atoms with Crippen molar-refractivity contribution >= 4 is 5.69 Å². The first kappa shape index (κ1) is 14.2. The Morgan fingerprint density at radius 2 is 1.65 bits per heavy atom. The number of benzene rings is 2. The number of methoxy groups -OCH3 is 1. The zero-order chi connectivity index (χ0) is 14.7. The molecule has 5 heteroatoms. The van der Waals surface area contributed by atoms with E-state index in [1.54, 1.807) is 6.92 Å². The number of halogens is 3. The van der Waals surface area contributed by atoms with Crippen molar-refractivity contribution in [3.63, 3.8) is 0 Å². The number of anilines is 1. The van der Waals surface area contributed by atoms with Gasteiger partial charge < -0.3 is 10.1 Å². The van der Waals surface area contributed by atoms with Crippen LogP contribution < -0.4 is 10.1 Å². The molecule has 0 spiro atoms. The van der Waals surface area contributed by atoms with Gasteiger partial charge in [-0.25, -0.2) is 13.2 Å². The van der Waals surface area contributed by atoms with Gasteiger partial charge >= 0.3 is 0 Å². The third kappa shape index (κ3) is 2.87. The van der Waals surface area contributed by atoms with Crippen LogP contribution in [0.2, 0.25) is 0 Å². The number of hydrogen-bond donors (Lipinski definition) is 1. The molecule has 2 nitrogen and oxygen atoms in total. The van der Waals surface area contributed by atoms with Crippen LogP contribution in [0.25, 0.3) is 0 Å². The molecule has 2 aromatic carbocycles. The van der Waals surface area contributed by atoms with Crippen LogP contribution in [0.5, 0.6) is 5.75 Å². The highest BCUT2D eigenvalue weighted by molar-refractivity contribution is 5.51. The van der Waals surface area contributed by atoms with E-state index in [1.807, 2.05) is 0 Å². The fourth-order valence-corrected chi connectivity index (χ4v) is 1.97. The molecule has 1 unspecified atom stereocenters. The summed E-state index contributed by atoms with van der Waals surface area (Å²) in [5, 5.41) is 2.75. The Morgan fingerprint density at radius 1 is 1.00 bits per heavy atom. The van der Waals surface area contributed by atoms with E-state index in [2.05, 4.69) is 5.32 Å². The second kappa shape index (κ2) is 5.86. The monoisotopic (exact) mass is 281 g/mol. The Morgan fingerprint density at radius 3 is 2.25 bits per heavy atom. The molecule has 0 saturated carbocycles. The van der Waals surface area contributed by atoms with E-state index in [0.29, 0.717) is 5.75 Å². The van der Waals surface area contributed by atoms with Gasteiger partial charge in [0.2, 0.25) is 0 Å². The Balaban J connectivity index is 2.30. The van der Waals surface area contributed by atoms with Crippen LogP contribution >= 0.6 is 0 Å². The Labute approximate surface area is 115 Å². The minimum atomic E-state index is -0.724. The molecular weight excluding hydrogens is 267 g/mol. The molecule has 0 amide bonds. The molecule has 20 heavy (non-hydrogen) atoms. The molecule has 0 bridgehead atoms. The molecule has 0 aromatic heterocycles. The molecule has 0 saturated heterocycles. The first-order chi connectivity index (χ1) is 9.52. The summed E-state index contributed by atoms with van der Waals surface area (Å²) in [6.07, 6.45) is 0. The maximum absolute atomic E-state index is 13.7. The first-order valence-corrected chi connectivity index (χ1v) is 6.07. The van der Waals surface area contributed by atoms with Crippen molar-refractivity contribution < 1.29 is 17.9 Å². The summed E-state index contributed by atoms with van der Waals surface area (Å²) < 4.78 is 46.0. The number of rotatable bonds is 4. The van der Waals surface area contributed by atoms with Gasteiger partial charge in [-0.1, -0.05) is 6.07 Å². The van der Waals surface area contributed by atoms with Gasteiger partial charge in [0.05, 0.1) is 18.8 Å². The van der Waals surface area contributed by atoms with Crippen molar-refractivity contribution in [1.82, 2.24) is 0 Å². The van der Waals surface area contributed by atoms with Crippen LogP contribution in [-0.4, -0.2) is 7.11 Å². The molecule has 0 fully saturated rings. The zero-order valence-electron chi connectivity index (χ0n) is 11.1. The van der Waals surface area contributed by atoms with Crippen LogP contribution in [0.4, 0.5) is 18.9 Å². The summed E-state index contributed by atoms with van der Waals surface area (Å²) in [4.78, 5) is 0. The Kier molecular flexibility index (Phi) is 4.17. The normalized spacial score (nSPS) is 12.1. The van der Waals surface area contributed by atoms with Gasteiger partial charge in [-0.05, 0) is 31.2 Å². The van der Waals surface area contributed by atoms with Crippen LogP contribution in [0, 0.1) is 17.5 Å². The molecule has 2 aromatic rings. The van der Waals surface area contributed by atoms with Gasteiger partial charge in [0.25, 0.3) is 0 Å². The molecule has 0 radical (unpaired) electrons. The molecule has 106 valence electrons. The molecule has 0 aliphatic carbocycles. The lowest BCUT2D eigenvalue weighted by Crippen LogP contribution is -2.12. The molecule has 0 heterocycles. The average molecular weight is 281 g/mol. The van der Waals surface area contributed by atoms with E-state index in [-0.39, 0.29) is 11.3 Å². The van der Waals surface area contributed by atoms with Crippen molar-refractivity contribution in [1.29, 1.82) is 0 Å². The van der Waals surface area contributed by atoms with E-state index in [4.69, 9.17) is 4.74 Å². The van der Waals surface area contributed by atoms with Gasteiger partial charge in [-0.15, -0.1) is 0 Å². The maximum Gasteiger partial charge on any atom is 0.146 e. The largest absolute Gasteiger partial charge is 0.497 e. The third-order valence-electron chi connectivity index (χ3n) is 2.98. The first-order valence-electron chi connectivity index (χ1n) is 6.07. The van der Waals surface area contributed by atoms with Crippen molar-refractivity contribution in [3.05, 3.63) is 59.4 Å². The van der Waals surface area contributed by atoms with Gasteiger partial charge in [0.1, 0.15) is 23.2 Å². The highest BCUT2D eigenvalue weighted by atomic mass is 19.1. The second-order valence-corrected chi connectivity index (χ2v) is 4.35. The minimum Gasteiger partial charge on any atom is -0.497 e. The smallest absolute Gasteiger partial charge is 0.146 e. The van der Waals surface area contributed by atoms with E-state index in [1.165, 1.54) is 43.5 Å². The van der Waals surface area contributed by atoms with Gasteiger partial charge in [0.15, 0.2) is 0 Å². The zero-order valence-corrected chi connectivity index (χ0v) is 11.1. The fraction of sp³-hybridized carbons (Fsp3) is 0.200. The number of ether oxygens (including phenoxy) is 1. The molecule has 2 rings (SSSR count). The standard InChI is InChI=1S/C15H14F3NO/c1-9(15-12(17)4-3-5-13(15)18)19-14-8-10(20-2)6-7-11(14)16/h3-9,19H,1-2H3. The van der Waals surface area contributed by atoms with Crippen molar-refractivity contribution in [2.45, 2.75) is 13.0 Å². The van der Waals surface area contributed by atoms with Crippen LogP contribution in [0.15, 0.2) is 36.4 Å². The van der Waals surface area contributed by atoms with Crippen LogP contribution in [0.1, 0.15) is 18.5 Å². The summed E-state index contributed by atoms with van der Waals surface area (Å²) >= 11 is 0. The van der Waals surface area contributed by atoms with Gasteiger partial charge in [-0.3, -0.25) is 0 Å². The summed E-state index contributed by atoms with van der Waals surface area (Å²) in [5.41, 5.74) is -0.00535. The maximum atomic E-state index is 13.7. The number of nitrogens with one attached hydrogen (secondary N) is 1. The molecule has 0 aliphatic rings. The Hall–Kier alpha value is -2.17. The predicted molar refractivity (Wildman–Crippen MR) is 71.3 cm³/mol. The van der Waals surface area contributed by atoms with E-state index >= 15 is 0 Å². The summed E-state index contributed by atoms with van der Waals surface area (Å²) in [6.45, 7) is 1.56. The van der Waals surface area contributed by atoms with E-state index in [9.17, 15) is 13.2 Å². The van der Waals surface area contributed by atoms with Gasteiger partial charge in [-0.2, -0.15) is 0 Å². The number of hydrogen-bond acceptors (Lipinski definition) is 2. The quantitative estimate of drug-likeness (QED) is 0.902. The second-order valence-electron chi connectivity index (χ2n) is 4.35. The fourth-order valence-electron chi connectivity index (χ4n) is 1.97. The van der Waals surface area contributed by atoms with Crippen LogP contribution in [-0.2, 0) is 0 Å². The lowest BCUT2D eigenvalue weighted by atomic mass is 10.1. The predicted octanol–water partition coefficient (Wildman–Crippen LogP) is 4.29. The summed E-state index contributed by atoms with van der Waals surface area (Å²) in [7, 11) is 1.46. The van der Waals surface area contributed by atoms with Crippen molar-refractivity contribution in [2.75, 3.05) is 12.4 Å². The van der Waals surface area contributed by atoms with E-state index < -0.39 is 23.5 Å². The van der Waals surface area contributed by atoms with Crippen molar-refractivity contribution in [2.24, 2.45) is 0 Å². The summed E-state index contributed by atoms with van der Waals surface area (Å²) in [5.74, 6) is -1.41. The molecular formula is C15H14F3NO.